The van der Waals surface area contributed by atoms with E-state index in [1.165, 1.54) is 21.8 Å². The normalized spacial score (nSPS) is 24.4. The number of ether oxygens (including phenoxy) is 1. The van der Waals surface area contributed by atoms with Crippen molar-refractivity contribution in [1.29, 1.82) is 0 Å². The summed E-state index contributed by atoms with van der Waals surface area (Å²) >= 11 is 0. The Morgan fingerprint density at radius 2 is 1.85 bits per heavy atom. The van der Waals surface area contributed by atoms with Gasteiger partial charge in [-0.1, -0.05) is 36.4 Å². The molecule has 26 heavy (non-hydrogen) atoms. The number of likely N-dealkylation sites (N-methyl/N-ethyl adjacent to an activating group) is 1. The second kappa shape index (κ2) is 7.16. The third-order valence-corrected chi connectivity index (χ3v) is 5.58. The molecule has 0 amide bonds. The molecule has 0 saturated carbocycles. The molecule has 4 rings (SSSR count). The van der Waals surface area contributed by atoms with Gasteiger partial charge in [0.2, 0.25) is 0 Å². The average Bonchev–Trinajstić information content (AvgIpc) is 2.80. The minimum atomic E-state index is -0.380. The molecule has 0 saturated heterocycles. The van der Waals surface area contributed by atoms with E-state index in [9.17, 15) is 4.79 Å². The summed E-state index contributed by atoms with van der Waals surface area (Å²) in [6.07, 6.45) is 2.93. The van der Waals surface area contributed by atoms with Crippen LogP contribution in [0.5, 0.6) is 5.75 Å². The molecule has 136 valence electrons. The van der Waals surface area contributed by atoms with Gasteiger partial charge in [0.1, 0.15) is 17.1 Å². The monoisotopic (exact) mass is 461 g/mol. The van der Waals surface area contributed by atoms with Gasteiger partial charge in [-0.15, -0.1) is 0 Å². The molecule has 2 unspecified atom stereocenters. The van der Waals surface area contributed by atoms with E-state index in [2.05, 4.69) is 51.2 Å². The highest BCUT2D eigenvalue weighted by atomic mass is 127. The van der Waals surface area contributed by atoms with Gasteiger partial charge in [-0.2, -0.15) is 0 Å². The van der Waals surface area contributed by atoms with Crippen LogP contribution in [0.4, 0.5) is 5.69 Å². The number of benzene rings is 2. The number of allylic oxidation sites excluding steroid dienone is 1. The molecule has 2 aromatic carbocycles. The van der Waals surface area contributed by atoms with Gasteiger partial charge in [-0.3, -0.25) is 9.69 Å². The predicted molar refractivity (Wildman–Crippen MR) is 98.3 cm³/mol. The van der Waals surface area contributed by atoms with Gasteiger partial charge in [0.25, 0.3) is 0 Å². The number of rotatable bonds is 2. The molecule has 0 aliphatic carbocycles. The summed E-state index contributed by atoms with van der Waals surface area (Å²) in [4.78, 5) is 13.8. The first-order chi connectivity index (χ1) is 12.0. The molecule has 0 spiro atoms. The fourth-order valence-corrected chi connectivity index (χ4v) is 4.21. The molecule has 2 aromatic rings. The van der Waals surface area contributed by atoms with Crippen molar-refractivity contribution in [3.63, 3.8) is 0 Å². The molecule has 0 bridgehead atoms. The van der Waals surface area contributed by atoms with Crippen molar-refractivity contribution in [1.82, 2.24) is 0 Å². The largest absolute Gasteiger partial charge is 1.00 e. The fraction of sp³-hybridized carbons (Fsp3) is 0.318. The van der Waals surface area contributed by atoms with Crippen molar-refractivity contribution >= 4 is 11.5 Å². The van der Waals surface area contributed by atoms with Crippen LogP contribution in [0.1, 0.15) is 31.4 Å². The quantitative estimate of drug-likeness (QED) is 0.638. The topological polar surface area (TPSA) is 30.7 Å². The van der Waals surface area contributed by atoms with E-state index < -0.39 is 0 Å². The molecule has 0 fully saturated rings. The number of Topliss-reactive ketones (excluding diaryl/α,β-unsaturated/α-hetero) is 1. The molecular formula is C22H24INO2. The van der Waals surface area contributed by atoms with E-state index in [-0.39, 0.29) is 41.3 Å². The number of nitrogens with one attached hydrogen (secondary N) is 1. The molecule has 2 atom stereocenters. The van der Waals surface area contributed by atoms with Crippen LogP contribution in [0.2, 0.25) is 0 Å². The maximum absolute atomic E-state index is 12.5. The molecule has 3 nitrogen and oxygen atoms in total. The molecule has 2 aliphatic rings. The van der Waals surface area contributed by atoms with Crippen molar-refractivity contribution in [3.8, 4) is 5.75 Å². The van der Waals surface area contributed by atoms with Gasteiger partial charge in [0.15, 0.2) is 11.9 Å². The highest BCUT2D eigenvalue weighted by molar-refractivity contribution is 5.87. The summed E-state index contributed by atoms with van der Waals surface area (Å²) in [7, 11) is 2.18. The SMILES string of the molecule is C[NH+]1C(=CCC2Oc3ccccc3CC2=O)C(C)(C)c2ccccc21.[I-]. The summed E-state index contributed by atoms with van der Waals surface area (Å²) < 4.78 is 5.98. The van der Waals surface area contributed by atoms with Crippen molar-refractivity contribution in [2.75, 3.05) is 7.05 Å². The third kappa shape index (κ3) is 3.09. The number of quaternary nitrogens is 1. The zero-order valence-corrected chi connectivity index (χ0v) is 17.5. The lowest BCUT2D eigenvalue weighted by molar-refractivity contribution is -0.764. The Hall–Kier alpha value is -1.66. The van der Waals surface area contributed by atoms with Crippen LogP contribution >= 0.6 is 0 Å². The Morgan fingerprint density at radius 3 is 2.62 bits per heavy atom. The first kappa shape index (κ1) is 19.1. The van der Waals surface area contributed by atoms with E-state index >= 15 is 0 Å². The number of carbonyl (C=O) groups is 1. The number of para-hydroxylation sites is 2. The minimum absolute atomic E-state index is 0. The third-order valence-electron chi connectivity index (χ3n) is 5.58. The standard InChI is InChI=1S/C22H23NO2.HI/c1-22(2)16-9-5-6-10-17(16)23(3)21(22)13-12-20-18(24)14-15-8-4-7-11-19(15)25-20;/h4-11,13,20H,12,14H2,1-3H3;1H. The van der Waals surface area contributed by atoms with Gasteiger partial charge in [-0.05, 0) is 32.1 Å². The van der Waals surface area contributed by atoms with E-state index in [1.807, 2.05) is 24.3 Å². The number of halogens is 1. The Labute approximate surface area is 172 Å². The van der Waals surface area contributed by atoms with Crippen LogP contribution in [0.15, 0.2) is 60.3 Å². The second-order valence-corrected chi connectivity index (χ2v) is 7.51. The van der Waals surface area contributed by atoms with Crippen LogP contribution < -0.4 is 33.6 Å². The Kier molecular flexibility index (Phi) is 5.26. The first-order valence-electron chi connectivity index (χ1n) is 8.90. The van der Waals surface area contributed by atoms with Crippen LogP contribution in [0, 0.1) is 0 Å². The number of hydrogen-bond donors (Lipinski definition) is 1. The summed E-state index contributed by atoms with van der Waals surface area (Å²) in [5, 5.41) is 0. The molecule has 4 heteroatoms. The number of carbonyl (C=O) groups excluding carboxylic acids is 1. The van der Waals surface area contributed by atoms with Crippen molar-refractivity contribution in [2.24, 2.45) is 0 Å². The van der Waals surface area contributed by atoms with Crippen molar-refractivity contribution in [3.05, 3.63) is 71.4 Å². The molecule has 0 aromatic heterocycles. The Morgan fingerprint density at radius 1 is 1.15 bits per heavy atom. The van der Waals surface area contributed by atoms with E-state index in [0.29, 0.717) is 12.8 Å². The zero-order valence-electron chi connectivity index (χ0n) is 15.4. The summed E-state index contributed by atoms with van der Waals surface area (Å²) in [6.45, 7) is 4.51. The van der Waals surface area contributed by atoms with E-state index in [0.717, 1.165) is 11.3 Å². The maximum Gasteiger partial charge on any atom is 0.178 e. The predicted octanol–water partition coefficient (Wildman–Crippen LogP) is -0.0252. The van der Waals surface area contributed by atoms with Crippen LogP contribution in [0.3, 0.4) is 0 Å². The fourth-order valence-electron chi connectivity index (χ4n) is 4.21. The van der Waals surface area contributed by atoms with E-state index in [1.54, 1.807) is 0 Å². The molecular weight excluding hydrogens is 437 g/mol. The summed E-state index contributed by atoms with van der Waals surface area (Å²) in [5.74, 6) is 1.02. The average molecular weight is 461 g/mol. The maximum atomic E-state index is 12.5. The van der Waals surface area contributed by atoms with Crippen molar-refractivity contribution < 1.29 is 38.4 Å². The molecule has 0 radical (unpaired) electrons. The number of ketones is 1. The lowest BCUT2D eigenvalue weighted by Crippen LogP contribution is -3.01. The van der Waals surface area contributed by atoms with Gasteiger partial charge in [0.05, 0.1) is 12.5 Å². The Balaban J connectivity index is 0.00000196. The van der Waals surface area contributed by atoms with Crippen molar-refractivity contribution in [2.45, 2.75) is 38.2 Å². The van der Waals surface area contributed by atoms with Crippen LogP contribution in [-0.2, 0) is 16.6 Å². The highest BCUT2D eigenvalue weighted by Crippen LogP contribution is 2.38. The molecule has 2 heterocycles. The highest BCUT2D eigenvalue weighted by Gasteiger charge is 2.43. The Bertz CT molecular complexity index is 872. The van der Waals surface area contributed by atoms with E-state index in [4.69, 9.17) is 4.74 Å². The summed E-state index contributed by atoms with van der Waals surface area (Å²) in [5.41, 5.74) is 4.95. The van der Waals surface area contributed by atoms with Gasteiger partial charge in [-0.25, -0.2) is 0 Å². The molecule has 2 aliphatic heterocycles. The number of hydrogen-bond acceptors (Lipinski definition) is 2. The number of fused-ring (bicyclic) bond motifs is 2. The van der Waals surface area contributed by atoms with Gasteiger partial charge in [0, 0.05) is 24.0 Å². The van der Waals surface area contributed by atoms with Crippen LogP contribution in [-0.4, -0.2) is 18.9 Å². The van der Waals surface area contributed by atoms with Crippen LogP contribution in [0.25, 0.3) is 0 Å². The minimum Gasteiger partial charge on any atom is -1.00 e. The molecule has 1 N–H and O–H groups in total. The lowest BCUT2D eigenvalue weighted by atomic mass is 9.83. The smallest absolute Gasteiger partial charge is 0.178 e. The summed E-state index contributed by atoms with van der Waals surface area (Å²) in [6, 6.07) is 16.4. The first-order valence-corrected chi connectivity index (χ1v) is 8.90. The zero-order chi connectivity index (χ0) is 17.6. The second-order valence-electron chi connectivity index (χ2n) is 7.51. The van der Waals surface area contributed by atoms with Gasteiger partial charge >= 0.3 is 0 Å². The lowest BCUT2D eigenvalue weighted by Gasteiger charge is -2.25. The van der Waals surface area contributed by atoms with Gasteiger partial charge < -0.3 is 28.7 Å².